The van der Waals surface area contributed by atoms with Gasteiger partial charge in [0, 0.05) is 49.9 Å². The molecule has 0 spiro atoms. The van der Waals surface area contributed by atoms with Crippen LogP contribution < -0.4 is 5.32 Å². The Labute approximate surface area is 179 Å². The fourth-order valence-corrected chi connectivity index (χ4v) is 4.96. The molecule has 0 bridgehead atoms. The number of pyridine rings is 1. The lowest BCUT2D eigenvalue weighted by Crippen LogP contribution is -2.50. The maximum atomic E-state index is 13.8. The van der Waals surface area contributed by atoms with Crippen LogP contribution in [0.3, 0.4) is 0 Å². The van der Waals surface area contributed by atoms with E-state index in [0.29, 0.717) is 29.3 Å². The highest BCUT2D eigenvalue weighted by Gasteiger charge is 2.47. The number of hydrogen-bond acceptors (Lipinski definition) is 3. The molecular formula is C22H27ClF2N2O3. The van der Waals surface area contributed by atoms with Crippen LogP contribution in [0, 0.1) is 5.92 Å². The van der Waals surface area contributed by atoms with Crippen LogP contribution >= 0.6 is 11.6 Å². The summed E-state index contributed by atoms with van der Waals surface area (Å²) < 4.78 is 35.0. The number of nitrogens with one attached hydrogen (secondary N) is 1. The van der Waals surface area contributed by atoms with Crippen molar-refractivity contribution < 1.29 is 23.4 Å². The first-order chi connectivity index (χ1) is 14.2. The van der Waals surface area contributed by atoms with Crippen LogP contribution in [0.15, 0.2) is 24.4 Å². The SMILES string of the molecule is CC1CC(O)(CNC(=O)c2cc(C3CCOCC3)n3cccc(Cl)c23)CCC1(F)F. The maximum Gasteiger partial charge on any atom is 0.253 e. The van der Waals surface area contributed by atoms with Gasteiger partial charge in [-0.1, -0.05) is 18.5 Å². The zero-order valence-corrected chi connectivity index (χ0v) is 17.7. The number of carbonyl (C=O) groups excluding carboxylic acids is 1. The van der Waals surface area contributed by atoms with Gasteiger partial charge in [0.15, 0.2) is 0 Å². The molecule has 8 heteroatoms. The molecule has 4 rings (SSSR count). The normalized spacial score (nSPS) is 27.3. The van der Waals surface area contributed by atoms with Gasteiger partial charge in [-0.15, -0.1) is 0 Å². The summed E-state index contributed by atoms with van der Waals surface area (Å²) in [5.41, 5.74) is 0.721. The number of ether oxygens (including phenoxy) is 1. The Morgan fingerprint density at radius 2 is 2.10 bits per heavy atom. The van der Waals surface area contributed by atoms with Gasteiger partial charge in [-0.2, -0.15) is 0 Å². The van der Waals surface area contributed by atoms with Crippen molar-refractivity contribution in [2.75, 3.05) is 19.8 Å². The predicted molar refractivity (Wildman–Crippen MR) is 110 cm³/mol. The number of alkyl halides is 2. The first-order valence-corrected chi connectivity index (χ1v) is 10.8. The van der Waals surface area contributed by atoms with Crippen LogP contribution in [0.2, 0.25) is 5.02 Å². The minimum Gasteiger partial charge on any atom is -0.388 e. The molecule has 2 unspecified atom stereocenters. The molecule has 2 atom stereocenters. The number of hydrogen-bond donors (Lipinski definition) is 2. The number of nitrogens with zero attached hydrogens (tertiary/aromatic N) is 1. The Hall–Kier alpha value is -1.70. The average molecular weight is 441 g/mol. The average Bonchev–Trinajstić information content (AvgIpc) is 3.12. The molecule has 5 nitrogen and oxygen atoms in total. The predicted octanol–water partition coefficient (Wildman–Crippen LogP) is 4.40. The van der Waals surface area contributed by atoms with Crippen molar-refractivity contribution >= 4 is 23.0 Å². The van der Waals surface area contributed by atoms with Crippen molar-refractivity contribution in [3.63, 3.8) is 0 Å². The van der Waals surface area contributed by atoms with E-state index in [1.54, 1.807) is 6.07 Å². The van der Waals surface area contributed by atoms with Crippen molar-refractivity contribution in [3.8, 4) is 0 Å². The minimum atomic E-state index is -2.78. The highest BCUT2D eigenvalue weighted by molar-refractivity contribution is 6.34. The van der Waals surface area contributed by atoms with E-state index in [-0.39, 0.29) is 37.6 Å². The van der Waals surface area contributed by atoms with E-state index >= 15 is 0 Å². The van der Waals surface area contributed by atoms with Crippen LogP contribution in [0.25, 0.3) is 5.52 Å². The molecule has 1 aliphatic heterocycles. The second-order valence-electron chi connectivity index (χ2n) is 8.72. The molecule has 1 amide bonds. The first-order valence-electron chi connectivity index (χ1n) is 10.5. The maximum absolute atomic E-state index is 13.8. The van der Waals surface area contributed by atoms with Crippen LogP contribution in [0.4, 0.5) is 8.78 Å². The topological polar surface area (TPSA) is 63.0 Å². The summed E-state index contributed by atoms with van der Waals surface area (Å²) in [6, 6.07) is 5.43. The zero-order valence-electron chi connectivity index (χ0n) is 17.0. The third-order valence-electron chi connectivity index (χ3n) is 6.56. The molecule has 2 aromatic rings. The number of aromatic nitrogens is 1. The number of aliphatic hydroxyl groups is 1. The van der Waals surface area contributed by atoms with E-state index in [1.165, 1.54) is 6.92 Å². The highest BCUT2D eigenvalue weighted by atomic mass is 35.5. The van der Waals surface area contributed by atoms with Crippen LogP contribution in [-0.4, -0.2) is 46.7 Å². The quantitative estimate of drug-likeness (QED) is 0.740. The molecule has 1 saturated carbocycles. The molecule has 3 heterocycles. The molecule has 1 saturated heterocycles. The van der Waals surface area contributed by atoms with E-state index in [9.17, 15) is 18.7 Å². The highest BCUT2D eigenvalue weighted by Crippen LogP contribution is 2.42. The minimum absolute atomic E-state index is 0.0464. The molecule has 30 heavy (non-hydrogen) atoms. The summed E-state index contributed by atoms with van der Waals surface area (Å²) in [7, 11) is 0. The van der Waals surface area contributed by atoms with Crippen molar-refractivity contribution in [2.45, 2.75) is 56.5 Å². The van der Waals surface area contributed by atoms with E-state index < -0.39 is 17.4 Å². The van der Waals surface area contributed by atoms with Crippen LogP contribution in [0.1, 0.15) is 61.0 Å². The van der Waals surface area contributed by atoms with E-state index in [2.05, 4.69) is 5.32 Å². The lowest BCUT2D eigenvalue weighted by molar-refractivity contribution is -0.138. The summed E-state index contributed by atoms with van der Waals surface area (Å²) in [6.45, 7) is 2.72. The smallest absolute Gasteiger partial charge is 0.253 e. The lowest BCUT2D eigenvalue weighted by Gasteiger charge is -2.40. The Kier molecular flexibility index (Phi) is 5.81. The number of rotatable bonds is 4. The Bertz CT molecular complexity index is 942. The van der Waals surface area contributed by atoms with Crippen LogP contribution in [-0.2, 0) is 4.74 Å². The van der Waals surface area contributed by atoms with Crippen molar-refractivity contribution in [3.05, 3.63) is 40.7 Å². The van der Waals surface area contributed by atoms with Crippen molar-refractivity contribution in [1.82, 2.24) is 9.72 Å². The molecule has 0 radical (unpaired) electrons. The third kappa shape index (κ3) is 4.07. The fraction of sp³-hybridized carbons (Fsp3) is 0.591. The number of halogens is 3. The van der Waals surface area contributed by atoms with E-state index in [1.807, 2.05) is 22.7 Å². The summed E-state index contributed by atoms with van der Waals surface area (Å²) in [5.74, 6) is -3.81. The molecule has 0 aromatic carbocycles. The molecule has 2 fully saturated rings. The van der Waals surface area contributed by atoms with Gasteiger partial charge < -0.3 is 19.6 Å². The van der Waals surface area contributed by atoms with Gasteiger partial charge in [0.2, 0.25) is 0 Å². The van der Waals surface area contributed by atoms with Gasteiger partial charge in [-0.25, -0.2) is 8.78 Å². The third-order valence-corrected chi connectivity index (χ3v) is 6.87. The Morgan fingerprint density at radius 1 is 1.37 bits per heavy atom. The number of carbonyl (C=O) groups is 1. The summed E-state index contributed by atoms with van der Waals surface area (Å²) in [6.07, 6.45) is 3.15. The first kappa shape index (κ1) is 21.5. The van der Waals surface area contributed by atoms with Crippen molar-refractivity contribution in [1.29, 1.82) is 0 Å². The largest absolute Gasteiger partial charge is 0.388 e. The number of amides is 1. The van der Waals surface area contributed by atoms with Gasteiger partial charge in [-0.3, -0.25) is 4.79 Å². The molecule has 2 N–H and O–H groups in total. The molecular weight excluding hydrogens is 414 g/mol. The van der Waals surface area contributed by atoms with E-state index in [0.717, 1.165) is 18.5 Å². The monoisotopic (exact) mass is 440 g/mol. The Morgan fingerprint density at radius 3 is 2.80 bits per heavy atom. The van der Waals surface area contributed by atoms with Gasteiger partial charge in [0.25, 0.3) is 11.8 Å². The van der Waals surface area contributed by atoms with Gasteiger partial charge in [0.1, 0.15) is 0 Å². The second-order valence-corrected chi connectivity index (χ2v) is 9.12. The molecule has 2 aliphatic rings. The van der Waals surface area contributed by atoms with Gasteiger partial charge >= 0.3 is 0 Å². The molecule has 1 aliphatic carbocycles. The Balaban J connectivity index is 1.56. The van der Waals surface area contributed by atoms with Crippen molar-refractivity contribution in [2.24, 2.45) is 5.92 Å². The standard InChI is InChI=1S/C22H27ClF2N2O3/c1-14-12-21(29,6-7-22(14,24)25)13-26-20(28)16-11-18(15-4-9-30-10-5-15)27-8-2-3-17(23)19(16)27/h2-3,8,11,14-15,29H,4-7,9-10,12-13H2,1H3,(H,26,28). The van der Waals surface area contributed by atoms with Crippen LogP contribution in [0.5, 0.6) is 0 Å². The summed E-state index contributed by atoms with van der Waals surface area (Å²) in [5, 5.41) is 14.0. The fourth-order valence-electron chi connectivity index (χ4n) is 4.69. The summed E-state index contributed by atoms with van der Waals surface area (Å²) in [4.78, 5) is 13.0. The van der Waals surface area contributed by atoms with Gasteiger partial charge in [-0.05, 0) is 43.9 Å². The van der Waals surface area contributed by atoms with E-state index in [4.69, 9.17) is 16.3 Å². The molecule has 164 valence electrons. The lowest BCUT2D eigenvalue weighted by atomic mass is 9.76. The summed E-state index contributed by atoms with van der Waals surface area (Å²) >= 11 is 6.43. The molecule has 2 aromatic heterocycles. The zero-order chi connectivity index (χ0) is 21.5. The second kappa shape index (κ2) is 8.09. The number of fused-ring (bicyclic) bond motifs is 1. The van der Waals surface area contributed by atoms with Gasteiger partial charge in [0.05, 0.1) is 21.7 Å².